The summed E-state index contributed by atoms with van der Waals surface area (Å²) in [7, 11) is 2.78. The van der Waals surface area contributed by atoms with E-state index < -0.39 is 0 Å². The number of carbonyl (C=O) groups excluding carboxylic acids is 1. The third-order valence-electron chi connectivity index (χ3n) is 4.87. The minimum absolute atomic E-state index is 0.00990. The molecule has 0 spiro atoms. The van der Waals surface area contributed by atoms with Crippen molar-refractivity contribution in [2.45, 2.75) is 18.2 Å². The van der Waals surface area contributed by atoms with Crippen molar-refractivity contribution in [2.24, 2.45) is 0 Å². The summed E-state index contributed by atoms with van der Waals surface area (Å²) in [6, 6.07) is 8.64. The molecule has 24 heavy (non-hydrogen) atoms. The van der Waals surface area contributed by atoms with Crippen LogP contribution >= 0.6 is 32.0 Å². The number of morpholine rings is 1. The molecular weight excluding hydrogens is 440 g/mol. The molecule has 0 radical (unpaired) electrons. The van der Waals surface area contributed by atoms with E-state index in [1.165, 1.54) is 5.69 Å². The van der Waals surface area contributed by atoms with E-state index in [0.717, 1.165) is 36.4 Å². The third kappa shape index (κ3) is 3.11. The van der Waals surface area contributed by atoms with Gasteiger partial charge in [-0.1, -0.05) is 32.0 Å². The molecular formula is C16H21IN3O3P. The van der Waals surface area contributed by atoms with Gasteiger partial charge in [0.05, 0.1) is 25.3 Å². The zero-order valence-corrected chi connectivity index (χ0v) is 16.6. The normalized spacial score (nSPS) is 30.6. The lowest BCUT2D eigenvalue weighted by Gasteiger charge is -2.38. The van der Waals surface area contributed by atoms with Gasteiger partial charge in [-0.15, -0.1) is 0 Å². The molecule has 0 saturated carbocycles. The maximum absolute atomic E-state index is 12.0. The number of hydrogen-bond acceptors (Lipinski definition) is 5. The SMILES string of the molecule is O=C1OC(CI)CN1c1ccc(N2CCOC3CN(P)CC32)cc1. The van der Waals surface area contributed by atoms with E-state index in [2.05, 4.69) is 53.7 Å². The largest absolute Gasteiger partial charge is 0.443 e. The second-order valence-corrected chi connectivity index (χ2v) is 8.02. The minimum Gasteiger partial charge on any atom is -0.443 e. The number of rotatable bonds is 3. The first-order valence-corrected chi connectivity index (χ1v) is 10.2. The maximum Gasteiger partial charge on any atom is 0.414 e. The van der Waals surface area contributed by atoms with Gasteiger partial charge in [0.15, 0.2) is 0 Å². The first kappa shape index (κ1) is 16.8. The van der Waals surface area contributed by atoms with Gasteiger partial charge in [0.2, 0.25) is 0 Å². The summed E-state index contributed by atoms with van der Waals surface area (Å²) in [6.07, 6.45) is 0.0171. The Morgan fingerprint density at radius 3 is 2.62 bits per heavy atom. The molecule has 3 aliphatic rings. The Morgan fingerprint density at radius 2 is 1.92 bits per heavy atom. The fourth-order valence-electron chi connectivity index (χ4n) is 3.67. The van der Waals surface area contributed by atoms with Crippen molar-refractivity contribution in [3.63, 3.8) is 0 Å². The lowest BCUT2D eigenvalue weighted by Crippen LogP contribution is -2.50. The quantitative estimate of drug-likeness (QED) is 0.392. The van der Waals surface area contributed by atoms with E-state index >= 15 is 0 Å². The lowest BCUT2D eigenvalue weighted by atomic mass is 10.1. The van der Waals surface area contributed by atoms with Crippen LogP contribution in [0.25, 0.3) is 0 Å². The average molecular weight is 461 g/mol. The molecule has 4 rings (SSSR count). The summed E-state index contributed by atoms with van der Waals surface area (Å²) < 4.78 is 14.3. The van der Waals surface area contributed by atoms with Gasteiger partial charge in [0.25, 0.3) is 0 Å². The van der Waals surface area contributed by atoms with E-state index in [4.69, 9.17) is 9.47 Å². The third-order valence-corrected chi connectivity index (χ3v) is 6.27. The fraction of sp³-hybridized carbons (Fsp3) is 0.562. The van der Waals surface area contributed by atoms with E-state index in [9.17, 15) is 4.79 Å². The second-order valence-electron chi connectivity index (χ2n) is 6.41. The fourth-order valence-corrected chi connectivity index (χ4v) is 4.56. The van der Waals surface area contributed by atoms with Gasteiger partial charge in [-0.25, -0.2) is 4.79 Å². The number of cyclic esters (lactones) is 1. The molecule has 0 aliphatic carbocycles. The molecule has 1 aromatic rings. The Morgan fingerprint density at radius 1 is 1.17 bits per heavy atom. The highest BCUT2D eigenvalue weighted by atomic mass is 127. The Hall–Kier alpha value is -0.630. The van der Waals surface area contributed by atoms with Crippen LogP contribution in [-0.4, -0.2) is 66.2 Å². The maximum atomic E-state index is 12.0. The number of nitrogens with zero attached hydrogens (tertiary/aromatic N) is 3. The van der Waals surface area contributed by atoms with E-state index in [1.54, 1.807) is 4.90 Å². The standard InChI is InChI=1S/C16H21IN3O3P/c17-7-13-8-20(16(21)23-13)12-3-1-11(2-4-12)19-5-6-22-15-10-18(24)9-14(15)19/h1-4,13-15H,5-10,24H2. The van der Waals surface area contributed by atoms with Crippen molar-refractivity contribution in [1.82, 2.24) is 4.67 Å². The number of hydrogen-bond donors (Lipinski definition) is 0. The van der Waals surface area contributed by atoms with Crippen molar-refractivity contribution < 1.29 is 14.3 Å². The Labute approximate surface area is 157 Å². The first-order chi connectivity index (χ1) is 11.7. The van der Waals surface area contributed by atoms with Crippen LogP contribution in [0.15, 0.2) is 24.3 Å². The van der Waals surface area contributed by atoms with Gasteiger partial charge in [0.1, 0.15) is 6.10 Å². The topological polar surface area (TPSA) is 45.3 Å². The predicted octanol–water partition coefficient (Wildman–Crippen LogP) is 2.13. The number of amides is 1. The van der Waals surface area contributed by atoms with Crippen molar-refractivity contribution in [3.05, 3.63) is 24.3 Å². The zero-order valence-electron chi connectivity index (χ0n) is 13.3. The van der Waals surface area contributed by atoms with Crippen molar-refractivity contribution in [1.29, 1.82) is 0 Å². The molecule has 0 aromatic heterocycles. The molecule has 3 heterocycles. The highest BCUT2D eigenvalue weighted by Gasteiger charge is 2.39. The van der Waals surface area contributed by atoms with Crippen molar-refractivity contribution in [3.8, 4) is 0 Å². The summed E-state index contributed by atoms with van der Waals surface area (Å²) in [5.41, 5.74) is 2.09. The molecule has 3 aliphatic heterocycles. The number of carbonyl (C=O) groups is 1. The van der Waals surface area contributed by atoms with Crippen LogP contribution in [0.5, 0.6) is 0 Å². The molecule has 4 atom stereocenters. The average Bonchev–Trinajstić information content (AvgIpc) is 3.16. The molecule has 6 nitrogen and oxygen atoms in total. The second kappa shape index (κ2) is 6.94. The summed E-state index contributed by atoms with van der Waals surface area (Å²) in [6.45, 7) is 4.25. The lowest BCUT2D eigenvalue weighted by molar-refractivity contribution is 0.0334. The zero-order chi connectivity index (χ0) is 16.7. The van der Waals surface area contributed by atoms with Gasteiger partial charge in [-0.05, 0) is 24.3 Å². The number of fused-ring (bicyclic) bond motifs is 1. The van der Waals surface area contributed by atoms with Crippen LogP contribution in [0.4, 0.5) is 16.2 Å². The molecule has 0 N–H and O–H groups in total. The predicted molar refractivity (Wildman–Crippen MR) is 105 cm³/mol. The van der Waals surface area contributed by atoms with Crippen molar-refractivity contribution >= 4 is 49.4 Å². The Balaban J connectivity index is 1.51. The number of halogens is 1. The number of benzene rings is 1. The highest BCUT2D eigenvalue weighted by molar-refractivity contribution is 14.1. The van der Waals surface area contributed by atoms with Crippen LogP contribution in [0.1, 0.15) is 0 Å². The van der Waals surface area contributed by atoms with Gasteiger partial charge in [-0.2, -0.15) is 0 Å². The molecule has 1 aromatic carbocycles. The Kier molecular flexibility index (Phi) is 4.86. The number of alkyl halides is 1. The smallest absolute Gasteiger partial charge is 0.414 e. The summed E-state index contributed by atoms with van der Waals surface area (Å²) >= 11 is 2.25. The van der Waals surface area contributed by atoms with Crippen molar-refractivity contribution in [2.75, 3.05) is 47.0 Å². The minimum atomic E-state index is -0.245. The van der Waals surface area contributed by atoms with E-state index in [-0.39, 0.29) is 18.3 Å². The molecule has 4 unspecified atom stereocenters. The van der Waals surface area contributed by atoms with E-state index in [1.807, 2.05) is 12.1 Å². The first-order valence-electron chi connectivity index (χ1n) is 8.18. The van der Waals surface area contributed by atoms with E-state index in [0.29, 0.717) is 12.6 Å². The summed E-state index contributed by atoms with van der Waals surface area (Å²) in [5, 5.41) is 0. The molecule has 3 fully saturated rings. The summed E-state index contributed by atoms with van der Waals surface area (Å²) in [4.78, 5) is 16.1. The number of anilines is 2. The number of ether oxygens (including phenoxy) is 2. The molecule has 130 valence electrons. The van der Waals surface area contributed by atoms with Crippen LogP contribution in [0.3, 0.4) is 0 Å². The van der Waals surface area contributed by atoms with Crippen LogP contribution in [-0.2, 0) is 9.47 Å². The molecule has 1 amide bonds. The molecule has 8 heteroatoms. The van der Waals surface area contributed by atoms with Gasteiger partial charge < -0.3 is 14.4 Å². The molecule has 3 saturated heterocycles. The van der Waals surface area contributed by atoms with Gasteiger partial charge in [0, 0.05) is 35.4 Å². The van der Waals surface area contributed by atoms with Gasteiger partial charge in [-0.3, -0.25) is 9.57 Å². The van der Waals surface area contributed by atoms with Crippen LogP contribution in [0, 0.1) is 0 Å². The Bertz CT molecular complexity index is 617. The molecule has 0 bridgehead atoms. The highest BCUT2D eigenvalue weighted by Crippen LogP contribution is 2.31. The van der Waals surface area contributed by atoms with Crippen LogP contribution in [0.2, 0.25) is 0 Å². The van der Waals surface area contributed by atoms with Crippen LogP contribution < -0.4 is 9.80 Å². The van der Waals surface area contributed by atoms with Gasteiger partial charge >= 0.3 is 6.09 Å². The summed E-state index contributed by atoms with van der Waals surface area (Å²) in [5.74, 6) is 0. The monoisotopic (exact) mass is 461 g/mol.